The first-order valence-corrected chi connectivity index (χ1v) is 5.80. The topological polar surface area (TPSA) is 51.5 Å². The molecule has 0 aliphatic rings. The molecule has 1 aromatic heterocycles. The number of hydrogen-bond donors (Lipinski definition) is 1. The third kappa shape index (κ3) is 3.66. The van der Waals surface area contributed by atoms with Crippen molar-refractivity contribution in [2.45, 2.75) is 19.4 Å². The van der Waals surface area contributed by atoms with Crippen molar-refractivity contribution in [1.29, 1.82) is 0 Å². The Balaban J connectivity index is 1.80. The SMILES string of the molecule is CC(Cc1ccco1)NC(=O)Oc1ccccc1. The van der Waals surface area contributed by atoms with Crippen LogP contribution < -0.4 is 10.1 Å². The lowest BCUT2D eigenvalue weighted by Crippen LogP contribution is -2.36. The van der Waals surface area contributed by atoms with Gasteiger partial charge in [0.2, 0.25) is 0 Å². The largest absolute Gasteiger partial charge is 0.469 e. The molecule has 2 rings (SSSR count). The van der Waals surface area contributed by atoms with Gasteiger partial charge in [0.25, 0.3) is 0 Å². The second kappa shape index (κ2) is 5.91. The zero-order chi connectivity index (χ0) is 12.8. The van der Waals surface area contributed by atoms with Gasteiger partial charge in [0.1, 0.15) is 11.5 Å². The van der Waals surface area contributed by atoms with Crippen LogP contribution in [0.5, 0.6) is 5.75 Å². The van der Waals surface area contributed by atoms with E-state index in [0.717, 1.165) is 5.76 Å². The van der Waals surface area contributed by atoms with Crippen molar-refractivity contribution in [2.75, 3.05) is 0 Å². The highest BCUT2D eigenvalue weighted by molar-refractivity contribution is 5.70. The molecule has 0 saturated heterocycles. The summed E-state index contributed by atoms with van der Waals surface area (Å²) >= 11 is 0. The number of para-hydroxylation sites is 1. The molecule has 1 atom stereocenters. The Bertz CT molecular complexity index is 479. The average molecular weight is 245 g/mol. The van der Waals surface area contributed by atoms with Gasteiger partial charge in [-0.2, -0.15) is 0 Å². The summed E-state index contributed by atoms with van der Waals surface area (Å²) in [4.78, 5) is 11.6. The number of nitrogens with one attached hydrogen (secondary N) is 1. The molecule has 0 radical (unpaired) electrons. The van der Waals surface area contributed by atoms with Gasteiger partial charge in [0.15, 0.2) is 0 Å². The van der Waals surface area contributed by atoms with Crippen molar-refractivity contribution >= 4 is 6.09 Å². The quantitative estimate of drug-likeness (QED) is 0.900. The van der Waals surface area contributed by atoms with E-state index in [4.69, 9.17) is 9.15 Å². The first kappa shape index (κ1) is 12.2. The molecule has 1 unspecified atom stereocenters. The van der Waals surface area contributed by atoms with Crippen LogP contribution in [0.3, 0.4) is 0 Å². The third-order valence-corrected chi connectivity index (χ3v) is 2.41. The Morgan fingerprint density at radius 1 is 1.28 bits per heavy atom. The van der Waals surface area contributed by atoms with Crippen LogP contribution in [0.1, 0.15) is 12.7 Å². The molecule has 18 heavy (non-hydrogen) atoms. The zero-order valence-electron chi connectivity index (χ0n) is 10.1. The highest BCUT2D eigenvalue weighted by Gasteiger charge is 2.10. The minimum absolute atomic E-state index is 0.0487. The number of amides is 1. The summed E-state index contributed by atoms with van der Waals surface area (Å²) in [6.07, 6.45) is 1.79. The maximum absolute atomic E-state index is 11.6. The molecule has 0 aliphatic carbocycles. The van der Waals surface area contributed by atoms with Crippen LogP contribution in [-0.4, -0.2) is 12.1 Å². The monoisotopic (exact) mass is 245 g/mol. The van der Waals surface area contributed by atoms with Crippen LogP contribution in [0, 0.1) is 0 Å². The number of carbonyl (C=O) groups is 1. The predicted octanol–water partition coefficient (Wildman–Crippen LogP) is 3.00. The fourth-order valence-corrected chi connectivity index (χ4v) is 1.61. The van der Waals surface area contributed by atoms with Crippen LogP contribution in [0.2, 0.25) is 0 Å². The molecule has 4 nitrogen and oxygen atoms in total. The van der Waals surface area contributed by atoms with Crippen molar-refractivity contribution in [3.8, 4) is 5.75 Å². The van der Waals surface area contributed by atoms with Gasteiger partial charge in [-0.3, -0.25) is 0 Å². The molecular weight excluding hydrogens is 230 g/mol. The fraction of sp³-hybridized carbons (Fsp3) is 0.214. The van der Waals surface area contributed by atoms with E-state index in [0.29, 0.717) is 12.2 Å². The standard InChI is InChI=1S/C14H15NO3/c1-11(10-13-8-5-9-17-13)15-14(16)18-12-6-3-2-4-7-12/h2-9,11H,10H2,1H3,(H,15,16). The van der Waals surface area contributed by atoms with Crippen LogP contribution >= 0.6 is 0 Å². The highest BCUT2D eigenvalue weighted by Crippen LogP contribution is 2.09. The molecule has 94 valence electrons. The Morgan fingerprint density at radius 3 is 2.72 bits per heavy atom. The summed E-state index contributed by atoms with van der Waals surface area (Å²) in [5.41, 5.74) is 0. The molecule has 0 spiro atoms. The van der Waals surface area contributed by atoms with Gasteiger partial charge in [-0.05, 0) is 31.2 Å². The summed E-state index contributed by atoms with van der Waals surface area (Å²) < 4.78 is 10.3. The molecule has 0 bridgehead atoms. The molecule has 1 N–H and O–H groups in total. The average Bonchev–Trinajstić information content (AvgIpc) is 2.82. The minimum atomic E-state index is -0.458. The lowest BCUT2D eigenvalue weighted by atomic mass is 10.2. The molecule has 1 heterocycles. The van der Waals surface area contributed by atoms with Crippen molar-refractivity contribution in [3.05, 3.63) is 54.5 Å². The van der Waals surface area contributed by atoms with Gasteiger partial charge in [-0.15, -0.1) is 0 Å². The maximum Gasteiger partial charge on any atom is 0.412 e. The van der Waals surface area contributed by atoms with Crippen LogP contribution in [0.15, 0.2) is 53.1 Å². The maximum atomic E-state index is 11.6. The number of rotatable bonds is 4. The Labute approximate surface area is 106 Å². The number of benzene rings is 1. The Kier molecular flexibility index (Phi) is 4.02. The number of carbonyl (C=O) groups excluding carboxylic acids is 1. The second-order valence-corrected chi connectivity index (χ2v) is 4.03. The summed E-state index contributed by atoms with van der Waals surface area (Å²) in [6, 6.07) is 12.6. The molecule has 0 saturated carbocycles. The first-order valence-electron chi connectivity index (χ1n) is 5.80. The van der Waals surface area contributed by atoms with E-state index in [1.807, 2.05) is 37.3 Å². The van der Waals surface area contributed by atoms with E-state index < -0.39 is 6.09 Å². The third-order valence-electron chi connectivity index (χ3n) is 2.41. The fourth-order valence-electron chi connectivity index (χ4n) is 1.61. The molecule has 4 heteroatoms. The van der Waals surface area contributed by atoms with E-state index in [-0.39, 0.29) is 6.04 Å². The van der Waals surface area contributed by atoms with Gasteiger partial charge in [-0.1, -0.05) is 18.2 Å². The summed E-state index contributed by atoms with van der Waals surface area (Å²) in [5.74, 6) is 1.36. The van der Waals surface area contributed by atoms with Gasteiger partial charge >= 0.3 is 6.09 Å². The van der Waals surface area contributed by atoms with E-state index in [2.05, 4.69) is 5.32 Å². The smallest absolute Gasteiger partial charge is 0.412 e. The molecule has 1 amide bonds. The lowest BCUT2D eigenvalue weighted by molar-refractivity contribution is 0.196. The van der Waals surface area contributed by atoms with Crippen molar-refractivity contribution in [3.63, 3.8) is 0 Å². The Morgan fingerprint density at radius 2 is 2.06 bits per heavy atom. The summed E-state index contributed by atoms with van der Waals surface area (Å²) in [6.45, 7) is 1.90. The van der Waals surface area contributed by atoms with Crippen molar-refractivity contribution in [2.24, 2.45) is 0 Å². The number of hydrogen-bond acceptors (Lipinski definition) is 3. The number of ether oxygens (including phenoxy) is 1. The van der Waals surface area contributed by atoms with E-state index in [9.17, 15) is 4.79 Å². The molecule has 0 fully saturated rings. The predicted molar refractivity (Wildman–Crippen MR) is 67.5 cm³/mol. The van der Waals surface area contributed by atoms with E-state index >= 15 is 0 Å². The summed E-state index contributed by atoms with van der Waals surface area (Å²) in [5, 5.41) is 2.75. The second-order valence-electron chi connectivity index (χ2n) is 4.03. The van der Waals surface area contributed by atoms with Gasteiger partial charge in [-0.25, -0.2) is 4.79 Å². The van der Waals surface area contributed by atoms with E-state index in [1.54, 1.807) is 18.4 Å². The molecule has 2 aromatic rings. The summed E-state index contributed by atoms with van der Waals surface area (Å²) in [7, 11) is 0. The van der Waals surface area contributed by atoms with E-state index in [1.165, 1.54) is 0 Å². The van der Waals surface area contributed by atoms with Crippen molar-refractivity contribution in [1.82, 2.24) is 5.32 Å². The van der Waals surface area contributed by atoms with Gasteiger partial charge in [0, 0.05) is 12.5 Å². The van der Waals surface area contributed by atoms with Crippen LogP contribution in [0.25, 0.3) is 0 Å². The first-order chi connectivity index (χ1) is 8.74. The minimum Gasteiger partial charge on any atom is -0.469 e. The lowest BCUT2D eigenvalue weighted by Gasteiger charge is -2.12. The number of furan rings is 1. The van der Waals surface area contributed by atoms with Crippen molar-refractivity contribution < 1.29 is 13.9 Å². The zero-order valence-corrected chi connectivity index (χ0v) is 10.1. The molecule has 0 aliphatic heterocycles. The molecule has 1 aromatic carbocycles. The molecular formula is C14H15NO3. The van der Waals surface area contributed by atoms with Crippen LogP contribution in [-0.2, 0) is 6.42 Å². The van der Waals surface area contributed by atoms with Crippen LogP contribution in [0.4, 0.5) is 4.79 Å². The van der Waals surface area contributed by atoms with Gasteiger partial charge in [0.05, 0.1) is 6.26 Å². The Hall–Kier alpha value is -2.23. The normalized spacial score (nSPS) is 11.8. The highest BCUT2D eigenvalue weighted by atomic mass is 16.6. The van der Waals surface area contributed by atoms with Gasteiger partial charge < -0.3 is 14.5 Å².